The number of hydrogen-bond donors (Lipinski definition) is 0. The van der Waals surface area contributed by atoms with Crippen molar-refractivity contribution in [2.45, 2.75) is 119 Å². The van der Waals surface area contributed by atoms with Gasteiger partial charge in [0.25, 0.3) is 0 Å². The number of benzene rings is 4. The van der Waals surface area contributed by atoms with Crippen LogP contribution in [0, 0.1) is 20.2 Å². The number of nitro benzene ring substituents is 2. The minimum Gasteiger partial charge on any atom is -0.490 e. The van der Waals surface area contributed by atoms with Crippen LogP contribution in [0.3, 0.4) is 0 Å². The molecule has 0 saturated carbocycles. The van der Waals surface area contributed by atoms with Crippen molar-refractivity contribution in [3.05, 3.63) is 43.5 Å². The van der Waals surface area contributed by atoms with Crippen molar-refractivity contribution in [3.8, 4) is 34.5 Å². The number of halogens is 1. The molecule has 0 aliphatic carbocycles. The van der Waals surface area contributed by atoms with Gasteiger partial charge in [0.15, 0.2) is 23.0 Å². The molecule has 0 aliphatic rings. The molecule has 4 rings (SSSR count). The highest BCUT2D eigenvalue weighted by atomic mass is 35.5. The fraction of sp³-hybridized carbons (Fsp3) is 0.571. The Morgan fingerprint density at radius 1 is 0.455 bits per heavy atom. The first-order chi connectivity index (χ1) is 26.7. The van der Waals surface area contributed by atoms with Gasteiger partial charge in [0.05, 0.1) is 65.3 Å². The van der Waals surface area contributed by atoms with Gasteiger partial charge in [-0.2, -0.15) is 0 Å². The lowest BCUT2D eigenvalue weighted by Gasteiger charge is -2.22. The Hall–Kier alpha value is -4.45. The van der Waals surface area contributed by atoms with Crippen molar-refractivity contribution in [1.29, 1.82) is 0 Å². The summed E-state index contributed by atoms with van der Waals surface area (Å²) in [7, 11) is 0. The Bertz CT molecular complexity index is 1930. The van der Waals surface area contributed by atoms with Crippen LogP contribution in [0.25, 0.3) is 32.3 Å². The van der Waals surface area contributed by atoms with Crippen LogP contribution < -0.4 is 28.4 Å². The molecule has 12 nitrogen and oxygen atoms in total. The zero-order chi connectivity index (χ0) is 39.9. The molecule has 0 atom stereocenters. The molecule has 0 fully saturated rings. The van der Waals surface area contributed by atoms with Gasteiger partial charge in [-0.15, -0.1) is 0 Å². The van der Waals surface area contributed by atoms with E-state index >= 15 is 0 Å². The van der Waals surface area contributed by atoms with Gasteiger partial charge in [0, 0.05) is 16.2 Å². The largest absolute Gasteiger partial charge is 0.490 e. The Morgan fingerprint density at radius 3 is 1.15 bits per heavy atom. The van der Waals surface area contributed by atoms with E-state index in [1.165, 1.54) is 0 Å². The molecule has 0 unspecified atom stereocenters. The molecule has 0 radical (unpaired) electrons. The lowest BCUT2D eigenvalue weighted by Crippen LogP contribution is -2.08. The van der Waals surface area contributed by atoms with Gasteiger partial charge in [-0.05, 0) is 62.1 Å². The topological polar surface area (TPSA) is 142 Å². The molecule has 0 amide bonds. The van der Waals surface area contributed by atoms with Crippen LogP contribution in [-0.2, 0) is 0 Å². The van der Waals surface area contributed by atoms with Gasteiger partial charge in [0.1, 0.15) is 0 Å². The lowest BCUT2D eigenvalue weighted by molar-refractivity contribution is -0.384. The van der Waals surface area contributed by atoms with Crippen LogP contribution in [0.4, 0.5) is 11.4 Å². The smallest absolute Gasteiger partial charge is 0.323 e. The third-order valence-electron chi connectivity index (χ3n) is 9.30. The fourth-order valence-electron chi connectivity index (χ4n) is 6.27. The second-order valence-corrected chi connectivity index (χ2v) is 14.0. The summed E-state index contributed by atoms with van der Waals surface area (Å²) in [6, 6.07) is 5.06. The van der Waals surface area contributed by atoms with Gasteiger partial charge < -0.3 is 28.4 Å². The molecule has 55 heavy (non-hydrogen) atoms. The van der Waals surface area contributed by atoms with Crippen LogP contribution in [-0.4, -0.2) is 49.5 Å². The van der Waals surface area contributed by atoms with Crippen LogP contribution >= 0.6 is 11.6 Å². The van der Waals surface area contributed by atoms with E-state index in [-0.39, 0.29) is 80.8 Å². The van der Waals surface area contributed by atoms with Crippen molar-refractivity contribution in [1.82, 2.24) is 0 Å². The average molecular weight is 785 g/mol. The summed E-state index contributed by atoms with van der Waals surface area (Å²) in [6.07, 6.45) is 9.17. The molecule has 302 valence electrons. The van der Waals surface area contributed by atoms with E-state index < -0.39 is 15.5 Å². The number of nitrogens with zero attached hydrogens (tertiary/aromatic N) is 2. The van der Waals surface area contributed by atoms with Crippen molar-refractivity contribution < 1.29 is 38.3 Å². The highest BCUT2D eigenvalue weighted by molar-refractivity contribution is 6.43. The summed E-state index contributed by atoms with van der Waals surface area (Å²) in [5.41, 5.74) is -0.771. The normalized spacial score (nSPS) is 11.3. The van der Waals surface area contributed by atoms with Crippen molar-refractivity contribution in [2.24, 2.45) is 0 Å². The van der Waals surface area contributed by atoms with E-state index in [0.29, 0.717) is 62.0 Å². The Kier molecular flexibility index (Phi) is 17.0. The Morgan fingerprint density at radius 2 is 0.764 bits per heavy atom. The SMILES string of the molecule is CCCCOc1cc2c3cc(OCCCC)c(OCCCC)c(Cl)c3c3c([N+](=O)[O-])c(OCCCC)c(OCCCC)cc3c2c([N+](=O)[O-])c1OCCCC. The monoisotopic (exact) mass is 784 g/mol. The quantitative estimate of drug-likeness (QED) is 0.0261. The minimum atomic E-state index is -0.520. The number of rotatable bonds is 26. The second kappa shape index (κ2) is 21.6. The summed E-state index contributed by atoms with van der Waals surface area (Å²) in [5, 5.41) is 28.4. The molecule has 0 bridgehead atoms. The molecule has 0 spiro atoms. The van der Waals surface area contributed by atoms with Crippen LogP contribution in [0.2, 0.25) is 5.02 Å². The molecule has 0 saturated heterocycles. The number of nitro groups is 2. The number of ether oxygens (including phenoxy) is 6. The summed E-state index contributed by atoms with van der Waals surface area (Å²) < 4.78 is 37.5. The van der Waals surface area contributed by atoms with E-state index in [9.17, 15) is 20.2 Å². The lowest BCUT2D eigenvalue weighted by atomic mass is 9.90. The highest BCUT2D eigenvalue weighted by Crippen LogP contribution is 2.57. The van der Waals surface area contributed by atoms with E-state index in [4.69, 9.17) is 40.0 Å². The van der Waals surface area contributed by atoms with Crippen LogP contribution in [0.15, 0.2) is 18.2 Å². The molecule has 13 heteroatoms. The average Bonchev–Trinajstić information content (AvgIpc) is 3.16. The Balaban J connectivity index is 2.36. The summed E-state index contributed by atoms with van der Waals surface area (Å²) in [4.78, 5) is 25.8. The molecule has 0 aromatic heterocycles. The minimum absolute atomic E-state index is 0.0351. The number of hydrogen-bond acceptors (Lipinski definition) is 10. The molecule has 4 aromatic carbocycles. The van der Waals surface area contributed by atoms with Crippen molar-refractivity contribution >= 4 is 55.3 Å². The maximum atomic E-state index is 13.4. The zero-order valence-corrected chi connectivity index (χ0v) is 34.1. The second-order valence-electron chi connectivity index (χ2n) is 13.6. The van der Waals surface area contributed by atoms with Crippen molar-refractivity contribution in [3.63, 3.8) is 0 Å². The molecule has 0 N–H and O–H groups in total. The highest BCUT2D eigenvalue weighted by Gasteiger charge is 2.36. The third kappa shape index (κ3) is 10.1. The van der Waals surface area contributed by atoms with Gasteiger partial charge in [-0.25, -0.2) is 0 Å². The van der Waals surface area contributed by atoms with Gasteiger partial charge in [-0.1, -0.05) is 91.7 Å². The predicted molar refractivity (Wildman–Crippen MR) is 220 cm³/mol. The van der Waals surface area contributed by atoms with Gasteiger partial charge in [0.2, 0.25) is 11.5 Å². The third-order valence-corrected chi connectivity index (χ3v) is 9.66. The van der Waals surface area contributed by atoms with E-state index in [1.807, 2.05) is 41.5 Å². The molecule has 4 aromatic rings. The Labute approximate surface area is 329 Å². The maximum absolute atomic E-state index is 13.4. The predicted octanol–water partition coefficient (Wildman–Crippen LogP) is 12.7. The molecular formula is C42H57ClN2O10. The molecule has 0 heterocycles. The van der Waals surface area contributed by atoms with Crippen LogP contribution in [0.5, 0.6) is 34.5 Å². The van der Waals surface area contributed by atoms with Crippen molar-refractivity contribution in [2.75, 3.05) is 39.6 Å². The number of fused-ring (bicyclic) bond motifs is 6. The van der Waals surface area contributed by atoms with E-state index in [2.05, 4.69) is 0 Å². The van der Waals surface area contributed by atoms with E-state index in [1.54, 1.807) is 18.2 Å². The molecule has 0 aliphatic heterocycles. The standard InChI is InChI=1S/C42H57ClN2O10/c1-7-13-19-50-31-26-29-28-25-32(51-20-14-8-2)41(54-23-17-11-5)38(44(46)47)34(28)30-27-33(52-21-15-9-3)42(55-24-18-12-6)39(45(48)49)36(30)35(29)37(43)40(31)53-22-16-10-4/h25-27H,7-24H2,1-6H3. The summed E-state index contributed by atoms with van der Waals surface area (Å²) in [6.45, 7) is 13.8. The van der Waals surface area contributed by atoms with Gasteiger partial charge >= 0.3 is 11.4 Å². The molecular weight excluding hydrogens is 728 g/mol. The fourth-order valence-corrected chi connectivity index (χ4v) is 6.62. The first kappa shape index (κ1) is 43.3. The van der Waals surface area contributed by atoms with E-state index in [0.717, 1.165) is 51.4 Å². The summed E-state index contributed by atoms with van der Waals surface area (Å²) in [5.74, 6) is 0.808. The first-order valence-electron chi connectivity index (χ1n) is 20.0. The van der Waals surface area contributed by atoms with Crippen LogP contribution in [0.1, 0.15) is 119 Å². The zero-order valence-electron chi connectivity index (χ0n) is 33.3. The first-order valence-corrected chi connectivity index (χ1v) is 20.4. The summed E-state index contributed by atoms with van der Waals surface area (Å²) >= 11 is 7.39. The number of unbranched alkanes of at least 4 members (excludes halogenated alkanes) is 6. The maximum Gasteiger partial charge on any atom is 0.323 e. The van der Waals surface area contributed by atoms with Gasteiger partial charge in [-0.3, -0.25) is 20.2 Å².